The zero-order chi connectivity index (χ0) is 18.8. The molecule has 0 atom stereocenters. The van der Waals surface area contributed by atoms with Gasteiger partial charge in [-0.25, -0.2) is 0 Å². The fourth-order valence-electron chi connectivity index (χ4n) is 2.29. The maximum Gasteiger partial charge on any atom is 0.262 e. The van der Waals surface area contributed by atoms with E-state index in [0.29, 0.717) is 28.6 Å². The largest absolute Gasteiger partial charge is 0.482 e. The molecule has 0 bridgehead atoms. The molecule has 26 heavy (non-hydrogen) atoms. The molecule has 2 aromatic rings. The molecule has 0 radical (unpaired) electrons. The SMILES string of the molecule is CCCCCNC(=O)c1ccc(NC(=O)COc2ccccc2Cl)cc1. The van der Waals surface area contributed by atoms with Gasteiger partial charge in [-0.05, 0) is 42.8 Å². The van der Waals surface area contributed by atoms with Crippen molar-refractivity contribution in [3.63, 3.8) is 0 Å². The molecule has 0 aliphatic rings. The number of carbonyl (C=O) groups excluding carboxylic acids is 2. The monoisotopic (exact) mass is 374 g/mol. The Morgan fingerprint density at radius 1 is 1.04 bits per heavy atom. The van der Waals surface area contributed by atoms with Crippen LogP contribution < -0.4 is 15.4 Å². The first-order valence-corrected chi connectivity index (χ1v) is 9.03. The molecular weight excluding hydrogens is 352 g/mol. The summed E-state index contributed by atoms with van der Waals surface area (Å²) in [6.45, 7) is 2.64. The van der Waals surface area contributed by atoms with E-state index in [4.69, 9.17) is 16.3 Å². The summed E-state index contributed by atoms with van der Waals surface area (Å²) in [5.41, 5.74) is 1.16. The van der Waals surface area contributed by atoms with E-state index in [-0.39, 0.29) is 18.4 Å². The van der Waals surface area contributed by atoms with Crippen LogP contribution in [0.25, 0.3) is 0 Å². The van der Waals surface area contributed by atoms with E-state index in [1.165, 1.54) is 0 Å². The van der Waals surface area contributed by atoms with Gasteiger partial charge in [0.15, 0.2) is 6.61 Å². The fraction of sp³-hybridized carbons (Fsp3) is 0.300. The van der Waals surface area contributed by atoms with Gasteiger partial charge < -0.3 is 15.4 Å². The van der Waals surface area contributed by atoms with Crippen LogP contribution >= 0.6 is 11.6 Å². The number of unbranched alkanes of at least 4 members (excludes halogenated alkanes) is 2. The predicted octanol–water partition coefficient (Wildman–Crippen LogP) is 4.28. The first-order valence-electron chi connectivity index (χ1n) is 8.65. The molecule has 0 heterocycles. The summed E-state index contributed by atoms with van der Waals surface area (Å²) in [6.07, 6.45) is 3.19. The summed E-state index contributed by atoms with van der Waals surface area (Å²) in [4.78, 5) is 24.0. The summed E-state index contributed by atoms with van der Waals surface area (Å²) in [5.74, 6) is 0.0436. The summed E-state index contributed by atoms with van der Waals surface area (Å²) in [6, 6.07) is 13.7. The molecule has 0 fully saturated rings. The molecular formula is C20H23ClN2O3. The first kappa shape index (κ1) is 19.8. The summed E-state index contributed by atoms with van der Waals surface area (Å²) in [7, 11) is 0. The van der Waals surface area contributed by atoms with Gasteiger partial charge in [-0.1, -0.05) is 43.5 Å². The van der Waals surface area contributed by atoms with E-state index in [0.717, 1.165) is 19.3 Å². The molecule has 0 aliphatic heterocycles. The third-order valence-electron chi connectivity index (χ3n) is 3.69. The minimum atomic E-state index is -0.304. The second-order valence-electron chi connectivity index (χ2n) is 5.81. The number of hydrogen-bond donors (Lipinski definition) is 2. The lowest BCUT2D eigenvalue weighted by Gasteiger charge is -2.09. The molecule has 6 heteroatoms. The lowest BCUT2D eigenvalue weighted by Crippen LogP contribution is -2.24. The minimum Gasteiger partial charge on any atom is -0.482 e. The average molecular weight is 375 g/mol. The van der Waals surface area contributed by atoms with E-state index in [1.54, 1.807) is 48.5 Å². The summed E-state index contributed by atoms with van der Waals surface area (Å²) >= 11 is 5.97. The van der Waals surface area contributed by atoms with Gasteiger partial charge in [0, 0.05) is 17.8 Å². The second kappa shape index (κ2) is 10.5. The summed E-state index contributed by atoms with van der Waals surface area (Å²) < 4.78 is 5.39. The second-order valence-corrected chi connectivity index (χ2v) is 6.21. The van der Waals surface area contributed by atoms with Crippen molar-refractivity contribution < 1.29 is 14.3 Å². The molecule has 2 N–H and O–H groups in total. The van der Waals surface area contributed by atoms with Crippen LogP contribution in [0.2, 0.25) is 5.02 Å². The molecule has 2 aromatic carbocycles. The van der Waals surface area contributed by atoms with Gasteiger partial charge in [-0.2, -0.15) is 0 Å². The Morgan fingerprint density at radius 3 is 2.46 bits per heavy atom. The molecule has 138 valence electrons. The van der Waals surface area contributed by atoms with E-state index in [2.05, 4.69) is 17.6 Å². The standard InChI is InChI=1S/C20H23ClN2O3/c1-2-3-6-13-22-20(25)15-9-11-16(12-10-15)23-19(24)14-26-18-8-5-4-7-17(18)21/h4-5,7-12H,2-3,6,13-14H2,1H3,(H,22,25)(H,23,24). The van der Waals surface area contributed by atoms with Gasteiger partial charge in [-0.15, -0.1) is 0 Å². The molecule has 0 aliphatic carbocycles. The number of ether oxygens (including phenoxy) is 1. The number of hydrogen-bond acceptors (Lipinski definition) is 3. The average Bonchev–Trinajstić information content (AvgIpc) is 2.65. The molecule has 2 amide bonds. The van der Waals surface area contributed by atoms with Crippen molar-refractivity contribution >= 4 is 29.1 Å². The van der Waals surface area contributed by atoms with Crippen molar-refractivity contribution in [2.45, 2.75) is 26.2 Å². The number of benzene rings is 2. The van der Waals surface area contributed by atoms with Crippen molar-refractivity contribution in [3.05, 3.63) is 59.1 Å². The third-order valence-corrected chi connectivity index (χ3v) is 4.00. The van der Waals surface area contributed by atoms with Crippen LogP contribution in [-0.2, 0) is 4.79 Å². The van der Waals surface area contributed by atoms with Crippen LogP contribution in [0, 0.1) is 0 Å². The topological polar surface area (TPSA) is 67.4 Å². The molecule has 2 rings (SSSR count). The quantitative estimate of drug-likeness (QED) is 0.644. The highest BCUT2D eigenvalue weighted by Crippen LogP contribution is 2.23. The highest BCUT2D eigenvalue weighted by molar-refractivity contribution is 6.32. The van der Waals surface area contributed by atoms with Crippen molar-refractivity contribution in [2.75, 3.05) is 18.5 Å². The van der Waals surface area contributed by atoms with Crippen LogP contribution in [0.1, 0.15) is 36.5 Å². The smallest absolute Gasteiger partial charge is 0.262 e. The lowest BCUT2D eigenvalue weighted by molar-refractivity contribution is -0.118. The van der Waals surface area contributed by atoms with Crippen molar-refractivity contribution in [3.8, 4) is 5.75 Å². The van der Waals surface area contributed by atoms with Gasteiger partial charge in [0.1, 0.15) is 5.75 Å². The van der Waals surface area contributed by atoms with Gasteiger partial charge in [-0.3, -0.25) is 9.59 Å². The van der Waals surface area contributed by atoms with Gasteiger partial charge in [0.2, 0.25) is 0 Å². The van der Waals surface area contributed by atoms with E-state index < -0.39 is 0 Å². The maximum absolute atomic E-state index is 12.0. The highest BCUT2D eigenvalue weighted by atomic mass is 35.5. The van der Waals surface area contributed by atoms with E-state index in [1.807, 2.05) is 0 Å². The molecule has 5 nitrogen and oxygen atoms in total. The Morgan fingerprint density at radius 2 is 1.77 bits per heavy atom. The predicted molar refractivity (Wildman–Crippen MR) is 104 cm³/mol. The van der Waals surface area contributed by atoms with E-state index in [9.17, 15) is 9.59 Å². The van der Waals surface area contributed by atoms with Crippen LogP contribution in [0.5, 0.6) is 5.75 Å². The number of rotatable bonds is 9. The number of amides is 2. The number of para-hydroxylation sites is 1. The normalized spacial score (nSPS) is 10.2. The van der Waals surface area contributed by atoms with Gasteiger partial charge in [0.25, 0.3) is 11.8 Å². The Bertz CT molecular complexity index is 732. The Hall–Kier alpha value is -2.53. The highest BCUT2D eigenvalue weighted by Gasteiger charge is 2.08. The molecule has 0 saturated heterocycles. The van der Waals surface area contributed by atoms with Gasteiger partial charge >= 0.3 is 0 Å². The summed E-state index contributed by atoms with van der Waals surface area (Å²) in [5, 5.41) is 6.05. The number of nitrogens with one attached hydrogen (secondary N) is 2. The fourth-order valence-corrected chi connectivity index (χ4v) is 2.48. The molecule has 0 unspecified atom stereocenters. The Kier molecular flexibility index (Phi) is 7.96. The number of anilines is 1. The minimum absolute atomic E-state index is 0.110. The molecule has 0 spiro atoms. The van der Waals surface area contributed by atoms with Crippen LogP contribution in [0.4, 0.5) is 5.69 Å². The van der Waals surface area contributed by atoms with Crippen LogP contribution in [0.15, 0.2) is 48.5 Å². The lowest BCUT2D eigenvalue weighted by atomic mass is 10.2. The van der Waals surface area contributed by atoms with Crippen LogP contribution in [0.3, 0.4) is 0 Å². The first-order chi connectivity index (χ1) is 12.6. The third kappa shape index (κ3) is 6.41. The van der Waals surface area contributed by atoms with Gasteiger partial charge in [0.05, 0.1) is 5.02 Å². The van der Waals surface area contributed by atoms with Crippen molar-refractivity contribution in [1.29, 1.82) is 0 Å². The molecule has 0 saturated carbocycles. The van der Waals surface area contributed by atoms with Crippen molar-refractivity contribution in [1.82, 2.24) is 5.32 Å². The number of carbonyl (C=O) groups is 2. The van der Waals surface area contributed by atoms with Crippen LogP contribution in [-0.4, -0.2) is 25.0 Å². The maximum atomic E-state index is 12.0. The zero-order valence-corrected chi connectivity index (χ0v) is 15.5. The Labute approximate surface area is 158 Å². The Balaban J connectivity index is 1.80. The van der Waals surface area contributed by atoms with Crippen molar-refractivity contribution in [2.24, 2.45) is 0 Å². The number of halogens is 1. The zero-order valence-electron chi connectivity index (χ0n) is 14.8. The van der Waals surface area contributed by atoms with E-state index >= 15 is 0 Å². The molecule has 0 aromatic heterocycles.